The van der Waals surface area contributed by atoms with E-state index < -0.39 is 6.61 Å². The maximum atomic E-state index is 12.7. The minimum atomic E-state index is -2.93. The van der Waals surface area contributed by atoms with Crippen LogP contribution in [0.2, 0.25) is 0 Å². The quantitative estimate of drug-likeness (QED) is 0.318. The second-order valence-corrected chi connectivity index (χ2v) is 5.21. The molecule has 0 bridgehead atoms. The van der Waals surface area contributed by atoms with Crippen LogP contribution in [0.3, 0.4) is 0 Å². The van der Waals surface area contributed by atoms with Crippen molar-refractivity contribution in [3.8, 4) is 11.5 Å². The number of halogens is 3. The van der Waals surface area contributed by atoms with Gasteiger partial charge in [0.05, 0.1) is 12.9 Å². The standard InChI is InChI=1S/C17H23F2N5O2.HI/c1-3-25-14-6-4-5-13(15(14)26-16(18)19)11-23-17(20-2)22-8-10-24-9-7-21-12-24;/h4-7,9,12,16H,3,8,10-11H2,1-2H3,(H2,20,22,23);1H. The van der Waals surface area contributed by atoms with Gasteiger partial charge in [-0.2, -0.15) is 8.78 Å². The number of ether oxygens (including phenoxy) is 2. The van der Waals surface area contributed by atoms with Crippen molar-refractivity contribution in [2.24, 2.45) is 4.99 Å². The van der Waals surface area contributed by atoms with Gasteiger partial charge < -0.3 is 24.7 Å². The Bertz CT molecular complexity index is 699. The Labute approximate surface area is 174 Å². The van der Waals surface area contributed by atoms with Gasteiger partial charge in [0.1, 0.15) is 0 Å². The molecule has 0 aliphatic rings. The average Bonchev–Trinajstić information content (AvgIpc) is 3.13. The molecule has 0 amide bonds. The Morgan fingerprint density at radius 3 is 2.78 bits per heavy atom. The highest BCUT2D eigenvalue weighted by atomic mass is 127. The van der Waals surface area contributed by atoms with Crippen molar-refractivity contribution in [2.45, 2.75) is 26.6 Å². The average molecular weight is 495 g/mol. The molecule has 10 heteroatoms. The number of aliphatic imine (C=N–C) groups is 1. The van der Waals surface area contributed by atoms with Crippen LogP contribution in [-0.4, -0.2) is 42.3 Å². The van der Waals surface area contributed by atoms with Gasteiger partial charge in [-0.1, -0.05) is 12.1 Å². The van der Waals surface area contributed by atoms with Crippen LogP contribution in [0.15, 0.2) is 41.9 Å². The van der Waals surface area contributed by atoms with Crippen molar-refractivity contribution < 1.29 is 18.3 Å². The predicted octanol–water partition coefficient (Wildman–Crippen LogP) is 2.87. The highest BCUT2D eigenvalue weighted by Crippen LogP contribution is 2.32. The first kappa shape index (κ1) is 22.9. The van der Waals surface area contributed by atoms with E-state index in [1.807, 2.05) is 10.8 Å². The Morgan fingerprint density at radius 2 is 2.15 bits per heavy atom. The SMILES string of the molecule is CCOc1cccc(CNC(=NC)NCCn2ccnc2)c1OC(F)F.I. The molecule has 0 atom stereocenters. The predicted molar refractivity (Wildman–Crippen MR) is 110 cm³/mol. The molecule has 0 radical (unpaired) electrons. The van der Waals surface area contributed by atoms with Gasteiger partial charge in [0.25, 0.3) is 0 Å². The third-order valence-electron chi connectivity index (χ3n) is 3.46. The van der Waals surface area contributed by atoms with Crippen molar-refractivity contribution in [3.63, 3.8) is 0 Å². The number of guanidine groups is 1. The number of rotatable bonds is 9. The van der Waals surface area contributed by atoms with Crippen molar-refractivity contribution in [2.75, 3.05) is 20.2 Å². The molecule has 0 unspecified atom stereocenters. The zero-order valence-corrected chi connectivity index (χ0v) is 17.5. The molecule has 0 saturated heterocycles. The maximum Gasteiger partial charge on any atom is 0.387 e. The zero-order chi connectivity index (χ0) is 18.8. The molecule has 2 N–H and O–H groups in total. The van der Waals surface area contributed by atoms with Crippen molar-refractivity contribution in [1.82, 2.24) is 20.2 Å². The molecule has 0 aliphatic carbocycles. The Morgan fingerprint density at radius 1 is 1.33 bits per heavy atom. The van der Waals surface area contributed by atoms with Gasteiger partial charge in [-0.25, -0.2) is 4.98 Å². The number of hydrogen-bond acceptors (Lipinski definition) is 4. The van der Waals surface area contributed by atoms with Crippen LogP contribution in [0.4, 0.5) is 8.78 Å². The zero-order valence-electron chi connectivity index (χ0n) is 15.2. The fraction of sp³-hybridized carbons (Fsp3) is 0.412. The van der Waals surface area contributed by atoms with Gasteiger partial charge in [-0.15, -0.1) is 24.0 Å². The molecule has 0 aliphatic heterocycles. The molecular weight excluding hydrogens is 471 g/mol. The van der Waals surface area contributed by atoms with Gasteiger partial charge in [0.2, 0.25) is 0 Å². The molecular formula is C17H24F2IN5O2. The van der Waals surface area contributed by atoms with Crippen molar-refractivity contribution in [1.29, 1.82) is 0 Å². The highest BCUT2D eigenvalue weighted by molar-refractivity contribution is 14.0. The normalized spacial score (nSPS) is 11.1. The summed E-state index contributed by atoms with van der Waals surface area (Å²) in [6.45, 7) is 0.823. The molecule has 0 spiro atoms. The molecule has 0 fully saturated rings. The van der Waals surface area contributed by atoms with Gasteiger partial charge >= 0.3 is 6.61 Å². The Balaban J connectivity index is 0.00000364. The lowest BCUT2D eigenvalue weighted by Gasteiger charge is -2.17. The van der Waals surface area contributed by atoms with Crippen LogP contribution < -0.4 is 20.1 Å². The second kappa shape index (κ2) is 12.3. The molecule has 2 rings (SSSR count). The molecule has 7 nitrogen and oxygen atoms in total. The van der Waals surface area contributed by atoms with Crippen molar-refractivity contribution >= 4 is 29.9 Å². The van der Waals surface area contributed by atoms with E-state index in [1.165, 1.54) is 0 Å². The number of hydrogen-bond donors (Lipinski definition) is 2. The summed E-state index contributed by atoms with van der Waals surface area (Å²) in [7, 11) is 1.64. The number of para-hydroxylation sites is 1. The number of aromatic nitrogens is 2. The van der Waals surface area contributed by atoms with E-state index in [9.17, 15) is 8.78 Å². The van der Waals surface area contributed by atoms with Gasteiger partial charge in [0, 0.05) is 44.6 Å². The van der Waals surface area contributed by atoms with Crippen LogP contribution >= 0.6 is 24.0 Å². The number of imidazole rings is 1. The van der Waals surface area contributed by atoms with Gasteiger partial charge in [-0.3, -0.25) is 4.99 Å². The molecule has 1 heterocycles. The van der Waals surface area contributed by atoms with E-state index in [-0.39, 0.29) is 42.0 Å². The van der Waals surface area contributed by atoms with Gasteiger partial charge in [0.15, 0.2) is 17.5 Å². The summed E-state index contributed by atoms with van der Waals surface area (Å²) in [5.74, 6) is 0.871. The van der Waals surface area contributed by atoms with Crippen LogP contribution in [0, 0.1) is 0 Å². The lowest BCUT2D eigenvalue weighted by atomic mass is 10.2. The van der Waals surface area contributed by atoms with E-state index in [1.54, 1.807) is 44.7 Å². The first-order chi connectivity index (χ1) is 12.6. The lowest BCUT2D eigenvalue weighted by Crippen LogP contribution is -2.38. The molecule has 27 heavy (non-hydrogen) atoms. The molecule has 1 aromatic heterocycles. The van der Waals surface area contributed by atoms with E-state index in [2.05, 4.69) is 25.3 Å². The highest BCUT2D eigenvalue weighted by Gasteiger charge is 2.15. The van der Waals surface area contributed by atoms with E-state index in [0.29, 0.717) is 24.7 Å². The minimum Gasteiger partial charge on any atom is -0.490 e. The van der Waals surface area contributed by atoms with Crippen LogP contribution in [0.5, 0.6) is 11.5 Å². The first-order valence-corrected chi connectivity index (χ1v) is 8.23. The number of nitrogens with one attached hydrogen (secondary N) is 2. The monoisotopic (exact) mass is 495 g/mol. The minimum absolute atomic E-state index is 0. The second-order valence-electron chi connectivity index (χ2n) is 5.21. The third-order valence-corrected chi connectivity index (χ3v) is 3.46. The van der Waals surface area contributed by atoms with E-state index in [0.717, 1.165) is 6.54 Å². The summed E-state index contributed by atoms with van der Waals surface area (Å²) in [6, 6.07) is 5.03. The van der Waals surface area contributed by atoms with E-state index in [4.69, 9.17) is 4.74 Å². The first-order valence-electron chi connectivity index (χ1n) is 8.23. The summed E-state index contributed by atoms with van der Waals surface area (Å²) >= 11 is 0. The van der Waals surface area contributed by atoms with Crippen molar-refractivity contribution in [3.05, 3.63) is 42.5 Å². The number of benzene rings is 1. The maximum absolute atomic E-state index is 12.7. The topological polar surface area (TPSA) is 72.7 Å². The number of nitrogens with zero attached hydrogens (tertiary/aromatic N) is 3. The van der Waals surface area contributed by atoms with Gasteiger partial charge in [-0.05, 0) is 13.0 Å². The summed E-state index contributed by atoms with van der Waals surface area (Å²) < 4.78 is 37.5. The summed E-state index contributed by atoms with van der Waals surface area (Å²) in [6.07, 6.45) is 5.30. The largest absolute Gasteiger partial charge is 0.490 e. The summed E-state index contributed by atoms with van der Waals surface area (Å²) in [5.41, 5.74) is 0.550. The van der Waals surface area contributed by atoms with Crippen LogP contribution in [0.1, 0.15) is 12.5 Å². The fourth-order valence-corrected chi connectivity index (χ4v) is 2.31. The molecule has 0 saturated carbocycles. The fourth-order valence-electron chi connectivity index (χ4n) is 2.31. The molecule has 2 aromatic rings. The van der Waals surface area contributed by atoms with E-state index >= 15 is 0 Å². The third kappa shape index (κ3) is 7.57. The molecule has 1 aromatic carbocycles. The molecule has 150 valence electrons. The Kier molecular flexibility index (Phi) is 10.5. The summed E-state index contributed by atoms with van der Waals surface area (Å²) in [4.78, 5) is 8.10. The smallest absolute Gasteiger partial charge is 0.387 e. The summed E-state index contributed by atoms with van der Waals surface area (Å²) in [5, 5.41) is 6.23. The van der Waals surface area contributed by atoms with Crippen LogP contribution in [-0.2, 0) is 13.1 Å². The number of alkyl halides is 2. The Hall–Kier alpha value is -2.11. The lowest BCUT2D eigenvalue weighted by molar-refractivity contribution is -0.0520. The van der Waals surface area contributed by atoms with Crippen LogP contribution in [0.25, 0.3) is 0 Å².